The quantitative estimate of drug-likeness (QED) is 0.0922. The summed E-state index contributed by atoms with van der Waals surface area (Å²) in [6, 6.07) is 114. The average molecular weight is 1950 g/mol. The Kier molecular flexibility index (Phi) is 27.3. The van der Waals surface area contributed by atoms with Crippen LogP contribution in [-0.4, -0.2) is 123 Å². The molecule has 0 radical (unpaired) electrons. The fourth-order valence-corrected chi connectivity index (χ4v) is 18.0. The van der Waals surface area contributed by atoms with Crippen LogP contribution in [0.4, 0.5) is 0 Å². The van der Waals surface area contributed by atoms with Crippen LogP contribution in [0, 0.1) is 0 Å². The van der Waals surface area contributed by atoms with E-state index in [-0.39, 0.29) is 59.0 Å². The lowest BCUT2D eigenvalue weighted by atomic mass is 9.49. The number of rotatable bonds is 10. The molecular formula is C118H108B4BrClN10O8. The molecule has 24 rings (SSSR count). The maximum absolute atomic E-state index is 6.23. The fourth-order valence-electron chi connectivity index (χ4n) is 17.5. The van der Waals surface area contributed by atoms with Gasteiger partial charge in [0.25, 0.3) is 0 Å². The molecule has 0 N–H and O–H groups in total. The van der Waals surface area contributed by atoms with E-state index in [2.05, 4.69) is 248 Å². The number of fused-ring (bicyclic) bond motifs is 12. The van der Waals surface area contributed by atoms with E-state index < -0.39 is 14.0 Å². The van der Waals surface area contributed by atoms with E-state index in [0.717, 1.165) is 141 Å². The van der Waals surface area contributed by atoms with Gasteiger partial charge in [-0.25, -0.2) is 29.9 Å². The summed E-state index contributed by atoms with van der Waals surface area (Å²) < 4.78 is 49.8. The Balaban J connectivity index is 0.000000111. The van der Waals surface area contributed by atoms with Crippen LogP contribution in [0.15, 0.2) is 369 Å². The molecule has 14 aromatic carbocycles. The lowest BCUT2D eigenvalue weighted by molar-refractivity contribution is 0.00578. The number of aromatic nitrogens is 10. The van der Waals surface area contributed by atoms with Crippen molar-refractivity contribution in [3.05, 3.63) is 374 Å². The van der Waals surface area contributed by atoms with E-state index in [9.17, 15) is 0 Å². The van der Waals surface area contributed by atoms with Gasteiger partial charge in [-0.3, -0.25) is 19.9 Å². The van der Waals surface area contributed by atoms with Crippen LogP contribution < -0.4 is 10.9 Å². The van der Waals surface area contributed by atoms with Crippen molar-refractivity contribution in [3.8, 4) is 79.5 Å². The Morgan fingerprint density at radius 1 is 0.211 bits per heavy atom. The molecule has 0 aliphatic carbocycles. The summed E-state index contributed by atoms with van der Waals surface area (Å²) in [6.45, 7) is 32.8. The van der Waals surface area contributed by atoms with Gasteiger partial charge in [0.15, 0.2) is 34.9 Å². The summed E-state index contributed by atoms with van der Waals surface area (Å²) in [5.41, 5.74) is 11.5. The van der Waals surface area contributed by atoms with Crippen molar-refractivity contribution in [1.29, 1.82) is 0 Å². The number of nitrogens with zero attached hydrogens (tertiary/aromatic N) is 10. The molecule has 704 valence electrons. The largest absolute Gasteiger partial charge is 0.495 e. The lowest BCUT2D eigenvalue weighted by Gasteiger charge is -2.32. The third-order valence-electron chi connectivity index (χ3n) is 28.3. The summed E-state index contributed by atoms with van der Waals surface area (Å²) in [7, 11) is -1.66. The van der Waals surface area contributed by atoms with Gasteiger partial charge in [-0.1, -0.05) is 325 Å². The number of hydrogen-bond acceptors (Lipinski definition) is 18. The minimum Gasteiger partial charge on any atom is -0.405 e. The first-order chi connectivity index (χ1) is 68.1. The summed E-state index contributed by atoms with van der Waals surface area (Å²) in [5, 5.41) is 14.4. The number of hydrogen-bond donors (Lipinski definition) is 0. The first-order valence-electron chi connectivity index (χ1n) is 47.9. The first kappa shape index (κ1) is 97.3. The van der Waals surface area contributed by atoms with Gasteiger partial charge < -0.3 is 37.2 Å². The third kappa shape index (κ3) is 20.1. The second-order valence-electron chi connectivity index (χ2n) is 39.8. The molecule has 0 bridgehead atoms. The first-order valence-corrected chi connectivity index (χ1v) is 49.1. The van der Waals surface area contributed by atoms with Crippen LogP contribution >= 0.6 is 27.5 Å². The normalized spacial score (nSPS) is 16.4. The van der Waals surface area contributed by atoms with Gasteiger partial charge in [0.2, 0.25) is 0 Å². The van der Waals surface area contributed by atoms with Crippen LogP contribution in [0.3, 0.4) is 0 Å². The highest BCUT2D eigenvalue weighted by atomic mass is 79.9. The van der Waals surface area contributed by atoms with Crippen LogP contribution in [0.5, 0.6) is 0 Å². The Hall–Kier alpha value is -13.5. The van der Waals surface area contributed by atoms with E-state index >= 15 is 0 Å². The van der Waals surface area contributed by atoms with Crippen LogP contribution in [-0.2, 0) is 37.2 Å². The summed E-state index contributed by atoms with van der Waals surface area (Å²) in [4.78, 5) is 46.7. The van der Waals surface area contributed by atoms with E-state index in [0.29, 0.717) is 34.9 Å². The van der Waals surface area contributed by atoms with Crippen molar-refractivity contribution in [1.82, 2.24) is 49.8 Å². The highest BCUT2D eigenvalue weighted by Crippen LogP contribution is 2.46. The van der Waals surface area contributed by atoms with Crippen LogP contribution in [0.25, 0.3) is 166 Å². The molecule has 10 heterocycles. The standard InChI is InChI=1S/C34H22N4.C21H14BrN3.2C19H20BNO2.C13H8ClN.C12H24B2O4/c1-3-9-25(10-4-1)32-36-33(26-11-5-2-6-12-26)38-34(37-32)27-18-16-23(17-19-27)28-14-7-15-30-29(28)21-20-24-13-8-22-35-31(24)30;22-18-13-11-17(12-14-18)21-24-19(15-7-3-1-4-8-15)23-20(25-21)16-9-5-2-6-10-16;2*1-18(2)19(3,4)23-20(22-18)16-9-5-8-15-14(16)11-10-13-7-6-12-21-17(13)15;14-12-5-1-4-11-10(12)7-6-9-3-2-8-15-13(9)11;1-9(2)10(3,4)16-13(15-9)14-17-11(5,6)12(7,8)18-14/h1-22H;1-14H;2*5-12H,1-4H3;1-8H;1-8H3. The molecule has 0 unspecified atom stereocenters. The zero-order valence-corrected chi connectivity index (χ0v) is 84.8. The van der Waals surface area contributed by atoms with Gasteiger partial charge in [-0.05, 0) is 191 Å². The molecule has 4 saturated heterocycles. The maximum atomic E-state index is 6.23. The van der Waals surface area contributed by atoms with Crippen molar-refractivity contribution in [2.75, 3.05) is 0 Å². The smallest absolute Gasteiger partial charge is 0.405 e. The fraction of sp³-hybridized carbons (Fsp3) is 0.203. The number of benzene rings is 14. The van der Waals surface area contributed by atoms with Gasteiger partial charge in [0.1, 0.15) is 0 Å². The minimum absolute atomic E-state index is 0.338. The monoisotopic (exact) mass is 1950 g/mol. The third-order valence-corrected chi connectivity index (χ3v) is 29.1. The van der Waals surface area contributed by atoms with Gasteiger partial charge in [0, 0.05) is 116 Å². The molecule has 0 saturated carbocycles. The maximum Gasteiger partial charge on any atom is 0.495 e. The molecule has 20 aromatic rings. The zero-order chi connectivity index (χ0) is 99.1. The van der Waals surface area contributed by atoms with Crippen LogP contribution in [0.2, 0.25) is 5.02 Å². The summed E-state index contributed by atoms with van der Waals surface area (Å²) >= 11 is 9.60. The highest BCUT2D eigenvalue weighted by molar-refractivity contribution is 9.10. The van der Waals surface area contributed by atoms with Crippen LogP contribution in [0.1, 0.15) is 111 Å². The zero-order valence-electron chi connectivity index (χ0n) is 82.4. The van der Waals surface area contributed by atoms with Crippen molar-refractivity contribution in [2.45, 2.75) is 156 Å². The molecular weight excluding hydrogens is 1840 g/mol. The predicted octanol–water partition coefficient (Wildman–Crippen LogP) is 27.5. The SMILES string of the molecule is Brc1ccc(-c2nc(-c3ccccc3)nc(-c3ccccc3)n2)cc1.CC1(C)OB(B2OC(C)(C)C(C)(C)O2)OC1(C)C.CC1(C)OB(c2cccc3c2ccc2cccnc23)OC1(C)C.CC1(C)OB(c2cccc3c2ccc2cccnc23)OC1(C)C.Clc1cccc2c1ccc1cccnc12.c1ccc(-c2nc(-c3ccccc3)nc(-c3ccc(-c4cccc5c4ccc4cccnc45)cc3)n2)cc1. The second-order valence-corrected chi connectivity index (χ2v) is 41.1. The van der Waals surface area contributed by atoms with E-state index in [4.69, 9.17) is 73.8 Å². The summed E-state index contributed by atoms with van der Waals surface area (Å²) in [6.07, 6.45) is 7.33. The van der Waals surface area contributed by atoms with Crippen molar-refractivity contribution >= 4 is 153 Å². The van der Waals surface area contributed by atoms with Gasteiger partial charge in [-0.2, -0.15) is 0 Å². The van der Waals surface area contributed by atoms with E-state index in [1.54, 1.807) is 0 Å². The molecule has 0 spiro atoms. The van der Waals surface area contributed by atoms with Crippen molar-refractivity contribution in [2.24, 2.45) is 0 Å². The Morgan fingerprint density at radius 2 is 0.458 bits per heavy atom. The number of halogens is 2. The Bertz CT molecular complexity index is 7660. The van der Waals surface area contributed by atoms with Crippen molar-refractivity contribution < 1.29 is 37.2 Å². The number of pyridine rings is 4. The molecule has 18 nitrogen and oxygen atoms in total. The predicted molar refractivity (Wildman–Crippen MR) is 585 cm³/mol. The molecule has 24 heteroatoms. The van der Waals surface area contributed by atoms with Gasteiger partial charge >= 0.3 is 28.3 Å². The topological polar surface area (TPSA) is 203 Å². The Morgan fingerprint density at radius 3 is 0.775 bits per heavy atom. The molecule has 6 aromatic heterocycles. The van der Waals surface area contributed by atoms with Crippen molar-refractivity contribution in [3.63, 3.8) is 0 Å². The van der Waals surface area contributed by atoms with E-state index in [1.165, 1.54) is 10.9 Å². The lowest BCUT2D eigenvalue weighted by Crippen LogP contribution is -2.41. The average Bonchev–Trinajstić information content (AvgIpc) is 1.67. The molecule has 4 aliphatic heterocycles. The highest BCUT2D eigenvalue weighted by Gasteiger charge is 2.64. The molecule has 4 fully saturated rings. The molecule has 0 amide bonds. The second kappa shape index (κ2) is 39.8. The molecule has 4 aliphatic rings. The van der Waals surface area contributed by atoms with Gasteiger partial charge in [-0.15, -0.1) is 0 Å². The molecule has 142 heavy (non-hydrogen) atoms. The molecule has 0 atom stereocenters. The Labute approximate surface area is 843 Å². The van der Waals surface area contributed by atoms with Gasteiger partial charge in [0.05, 0.1) is 66.9 Å². The van der Waals surface area contributed by atoms with E-state index in [1.807, 2.05) is 268 Å². The minimum atomic E-state index is -0.476. The summed E-state index contributed by atoms with van der Waals surface area (Å²) in [5.74, 6) is 3.98.